The van der Waals surface area contributed by atoms with E-state index in [1.54, 1.807) is 0 Å². The second kappa shape index (κ2) is 22.5. The lowest BCUT2D eigenvalue weighted by Crippen LogP contribution is -2.70. The van der Waals surface area contributed by atoms with E-state index in [4.69, 9.17) is 35.4 Å². The van der Waals surface area contributed by atoms with Crippen molar-refractivity contribution in [1.29, 1.82) is 0 Å². The fourth-order valence-electron chi connectivity index (χ4n) is 11.2. The molecule has 14 heteroatoms. The predicted octanol–water partition coefficient (Wildman–Crippen LogP) is 6.25. The average molecular weight is 859 g/mol. The zero-order chi connectivity index (χ0) is 43.5. The Morgan fingerprint density at radius 1 is 0.951 bits per heavy atom. The van der Waals surface area contributed by atoms with E-state index in [1.807, 2.05) is 0 Å². The molecule has 0 aromatic heterocycles. The van der Waals surface area contributed by atoms with Crippen molar-refractivity contribution in [3.8, 4) is 0 Å². The molecule has 348 valence electrons. The molecule has 0 aromatic rings. The summed E-state index contributed by atoms with van der Waals surface area (Å²) in [7, 11) is 0. The molecule has 0 aliphatic carbocycles. The normalized spacial score (nSPS) is 35.2. The number of allylic oxidation sites excluding steroid dienone is 1. The molecule has 6 heterocycles. The number of hydrogen-bond donors (Lipinski definition) is 5. The lowest BCUT2D eigenvalue weighted by atomic mass is 9.80. The summed E-state index contributed by atoms with van der Waals surface area (Å²) in [5, 5.41) is 25.3. The Kier molecular flexibility index (Phi) is 17.8. The Balaban J connectivity index is 0.884. The minimum atomic E-state index is -1.85. The SMILES string of the molecule is CCC=CC1CCC2(CC3CCC4C(C(=O)OC(CC)CCCCCCCCCCCCCC5OC(O)(CCN)C(O)N(CCCN)C5=O)C5(CCCC(C)O5)N=C(N2)N34)O1. The van der Waals surface area contributed by atoms with Gasteiger partial charge in [-0.2, -0.15) is 0 Å². The minimum Gasteiger partial charge on any atom is -0.462 e. The van der Waals surface area contributed by atoms with E-state index in [0.29, 0.717) is 19.4 Å². The monoisotopic (exact) mass is 859 g/mol. The van der Waals surface area contributed by atoms with E-state index >= 15 is 0 Å². The van der Waals surface area contributed by atoms with Gasteiger partial charge in [-0.1, -0.05) is 90.2 Å². The van der Waals surface area contributed by atoms with E-state index in [9.17, 15) is 19.8 Å². The van der Waals surface area contributed by atoms with Crippen LogP contribution in [0.15, 0.2) is 17.1 Å². The number of carbonyl (C=O) groups is 2. The fraction of sp³-hybridized carbons (Fsp3) is 0.894. The van der Waals surface area contributed by atoms with Crippen LogP contribution in [0.2, 0.25) is 0 Å². The summed E-state index contributed by atoms with van der Waals surface area (Å²) in [6.07, 6.45) is 25.8. The Morgan fingerprint density at radius 2 is 1.67 bits per heavy atom. The standard InChI is InChI=1S/C47H82N6O8/c1-4-6-21-37-26-28-45(60-37)33-35-24-25-38-40(46(27-18-20-34(3)59-46)51-44(50-45)53(35)38)42(55)58-36(5-2)22-16-14-12-10-8-7-9-11-13-15-17-23-39-41(54)52(32-19-30-48)43(56)47(57,61-39)29-31-49/h6,21,34-40,43,56-57H,4-5,7-20,22-33,48-49H2,1-3H3,(H,50,51). The second-order valence-electron chi connectivity index (χ2n) is 19.1. The topological polar surface area (TPSA) is 194 Å². The summed E-state index contributed by atoms with van der Waals surface area (Å²) in [6, 6.07) is 0.299. The lowest BCUT2D eigenvalue weighted by Gasteiger charge is -2.54. The number of unbranched alkanes of at least 4 members (excludes halogenated alkanes) is 10. The largest absolute Gasteiger partial charge is 0.462 e. The van der Waals surface area contributed by atoms with Gasteiger partial charge >= 0.3 is 5.97 Å². The van der Waals surface area contributed by atoms with Gasteiger partial charge in [-0.15, -0.1) is 0 Å². The maximum absolute atomic E-state index is 14.4. The first-order valence-electron chi connectivity index (χ1n) is 24.7. The van der Waals surface area contributed by atoms with Gasteiger partial charge in [0, 0.05) is 25.4 Å². The van der Waals surface area contributed by atoms with E-state index in [1.165, 1.54) is 37.0 Å². The summed E-state index contributed by atoms with van der Waals surface area (Å²) in [4.78, 5) is 36.5. The molecule has 0 radical (unpaired) electrons. The molecular formula is C47H82N6O8. The number of hydrogen-bond acceptors (Lipinski definition) is 13. The molecule has 0 saturated carbocycles. The first-order valence-corrected chi connectivity index (χ1v) is 24.7. The summed E-state index contributed by atoms with van der Waals surface area (Å²) in [5.41, 5.74) is 9.97. The number of ether oxygens (including phenoxy) is 4. The van der Waals surface area contributed by atoms with Crippen LogP contribution < -0.4 is 16.8 Å². The molecule has 6 rings (SSSR count). The Bertz CT molecular complexity index is 1470. The number of nitrogens with two attached hydrogens (primary N) is 2. The number of guanidine groups is 1. The van der Waals surface area contributed by atoms with Crippen LogP contribution in [0.25, 0.3) is 0 Å². The molecule has 7 N–H and O–H groups in total. The summed E-state index contributed by atoms with van der Waals surface area (Å²) in [5.74, 6) is -1.86. The molecule has 0 bridgehead atoms. The highest BCUT2D eigenvalue weighted by Gasteiger charge is 2.62. The molecule has 14 nitrogen and oxygen atoms in total. The van der Waals surface area contributed by atoms with Crippen molar-refractivity contribution in [2.45, 2.75) is 241 Å². The first-order chi connectivity index (χ1) is 29.5. The van der Waals surface area contributed by atoms with Gasteiger partial charge in [-0.25, -0.2) is 4.99 Å². The zero-order valence-electron chi connectivity index (χ0n) is 37.9. The second-order valence-corrected chi connectivity index (χ2v) is 19.1. The van der Waals surface area contributed by atoms with Gasteiger partial charge in [-0.05, 0) is 103 Å². The van der Waals surface area contributed by atoms with Crippen LogP contribution >= 0.6 is 0 Å². The third-order valence-electron chi connectivity index (χ3n) is 14.4. The molecule has 2 spiro atoms. The van der Waals surface area contributed by atoms with E-state index < -0.39 is 35.5 Å². The Morgan fingerprint density at radius 3 is 2.34 bits per heavy atom. The van der Waals surface area contributed by atoms with Crippen LogP contribution in [-0.2, 0) is 28.5 Å². The molecule has 61 heavy (non-hydrogen) atoms. The summed E-state index contributed by atoms with van der Waals surface area (Å²) in [6.45, 7) is 7.20. The smallest absolute Gasteiger partial charge is 0.316 e. The van der Waals surface area contributed by atoms with Crippen LogP contribution in [0, 0.1) is 5.92 Å². The third kappa shape index (κ3) is 11.7. The fourth-order valence-corrected chi connectivity index (χ4v) is 11.2. The number of nitrogens with one attached hydrogen (secondary N) is 1. The highest BCUT2D eigenvalue weighted by Crippen LogP contribution is 2.51. The quantitative estimate of drug-likeness (QED) is 0.0417. The molecule has 6 aliphatic rings. The van der Waals surface area contributed by atoms with Crippen molar-refractivity contribution in [3.05, 3.63) is 12.2 Å². The van der Waals surface area contributed by atoms with Gasteiger partial charge < -0.3 is 55.7 Å². The molecule has 0 aromatic carbocycles. The van der Waals surface area contributed by atoms with Crippen molar-refractivity contribution in [1.82, 2.24) is 15.1 Å². The summed E-state index contributed by atoms with van der Waals surface area (Å²) < 4.78 is 25.7. The summed E-state index contributed by atoms with van der Waals surface area (Å²) >= 11 is 0. The minimum absolute atomic E-state index is 0.00939. The highest BCUT2D eigenvalue weighted by molar-refractivity contribution is 5.87. The zero-order valence-corrected chi connectivity index (χ0v) is 37.9. The predicted molar refractivity (Wildman–Crippen MR) is 236 cm³/mol. The maximum Gasteiger partial charge on any atom is 0.316 e. The first kappa shape index (κ1) is 48.1. The number of esters is 1. The number of amides is 1. The Hall–Kier alpha value is -2.33. The van der Waals surface area contributed by atoms with Gasteiger partial charge in [0.1, 0.15) is 23.9 Å². The van der Waals surface area contributed by atoms with Crippen LogP contribution in [0.3, 0.4) is 0 Å². The molecule has 5 saturated heterocycles. The van der Waals surface area contributed by atoms with Crippen LogP contribution in [0.1, 0.15) is 181 Å². The van der Waals surface area contributed by atoms with Crippen molar-refractivity contribution < 1.29 is 38.7 Å². The number of rotatable bonds is 24. The van der Waals surface area contributed by atoms with Crippen molar-refractivity contribution in [3.63, 3.8) is 0 Å². The molecule has 6 aliphatic heterocycles. The number of aliphatic hydroxyl groups excluding tert-OH is 1. The number of carbonyl (C=O) groups excluding carboxylic acids is 2. The number of aliphatic hydroxyl groups is 2. The van der Waals surface area contributed by atoms with E-state index in [-0.39, 0.29) is 61.8 Å². The van der Waals surface area contributed by atoms with Crippen molar-refractivity contribution >= 4 is 17.8 Å². The van der Waals surface area contributed by atoms with Crippen LogP contribution in [-0.4, -0.2) is 117 Å². The van der Waals surface area contributed by atoms with Gasteiger partial charge in [0.05, 0.1) is 18.2 Å². The van der Waals surface area contributed by atoms with Gasteiger partial charge in [-0.3, -0.25) is 9.59 Å². The average Bonchev–Trinajstić information content (AvgIpc) is 3.83. The Labute approximate surface area is 366 Å². The van der Waals surface area contributed by atoms with Gasteiger partial charge in [0.2, 0.25) is 5.79 Å². The molecular weight excluding hydrogens is 777 g/mol. The molecule has 11 unspecified atom stereocenters. The van der Waals surface area contributed by atoms with Crippen molar-refractivity contribution in [2.24, 2.45) is 22.4 Å². The molecule has 5 fully saturated rings. The van der Waals surface area contributed by atoms with E-state index in [2.05, 4.69) is 43.1 Å². The van der Waals surface area contributed by atoms with Crippen LogP contribution in [0.5, 0.6) is 0 Å². The van der Waals surface area contributed by atoms with Crippen LogP contribution in [0.4, 0.5) is 0 Å². The molecule has 11 atom stereocenters. The highest BCUT2D eigenvalue weighted by atomic mass is 16.7. The number of morpholine rings is 1. The van der Waals surface area contributed by atoms with E-state index in [0.717, 1.165) is 115 Å². The lowest BCUT2D eigenvalue weighted by molar-refractivity contribution is -0.325. The number of aliphatic imine (C=N–C) groups is 1. The third-order valence-corrected chi connectivity index (χ3v) is 14.4. The van der Waals surface area contributed by atoms with Gasteiger partial charge in [0.15, 0.2) is 17.9 Å². The van der Waals surface area contributed by atoms with Crippen molar-refractivity contribution in [2.75, 3.05) is 19.6 Å². The molecule has 1 amide bonds. The van der Waals surface area contributed by atoms with Gasteiger partial charge in [0.25, 0.3) is 5.91 Å². The maximum atomic E-state index is 14.4. The number of nitrogens with zero attached hydrogens (tertiary/aromatic N) is 3.